The van der Waals surface area contributed by atoms with E-state index in [0.717, 1.165) is 41.4 Å². The first-order chi connectivity index (χ1) is 11.2. The molecule has 1 aromatic heterocycles. The molecule has 0 radical (unpaired) electrons. The zero-order valence-electron chi connectivity index (χ0n) is 12.8. The van der Waals surface area contributed by atoms with E-state index in [1.165, 1.54) is 5.56 Å². The molecule has 1 saturated heterocycles. The Labute approximate surface area is 149 Å². The predicted octanol–water partition coefficient (Wildman–Crippen LogP) is 3.87. The molecule has 1 amide bonds. The van der Waals surface area contributed by atoms with Crippen LogP contribution in [0.15, 0.2) is 52.3 Å². The lowest BCUT2D eigenvalue weighted by atomic mass is 10.2. The highest BCUT2D eigenvalue weighted by Gasteiger charge is 2.19. The van der Waals surface area contributed by atoms with Crippen molar-refractivity contribution in [2.24, 2.45) is 0 Å². The van der Waals surface area contributed by atoms with Crippen LogP contribution < -0.4 is 0 Å². The molecule has 1 aliphatic rings. The normalized spacial score (nSPS) is 16.1. The second-order valence-electron chi connectivity index (χ2n) is 5.56. The van der Waals surface area contributed by atoms with Crippen molar-refractivity contribution < 1.29 is 4.79 Å². The van der Waals surface area contributed by atoms with Crippen molar-refractivity contribution in [2.75, 3.05) is 26.2 Å². The average molecular weight is 391 g/mol. The lowest BCUT2D eigenvalue weighted by molar-refractivity contribution is -0.127. The largest absolute Gasteiger partial charge is 0.337 e. The number of halogens is 1. The van der Waals surface area contributed by atoms with Gasteiger partial charge < -0.3 is 4.90 Å². The van der Waals surface area contributed by atoms with Crippen molar-refractivity contribution in [1.82, 2.24) is 9.80 Å². The Balaban J connectivity index is 1.48. The zero-order chi connectivity index (χ0) is 16.1. The molecule has 1 aromatic carbocycles. The molecule has 3 nitrogen and oxygen atoms in total. The van der Waals surface area contributed by atoms with E-state index in [2.05, 4.69) is 45.1 Å². The molecule has 120 valence electrons. The molecule has 1 aliphatic heterocycles. The van der Waals surface area contributed by atoms with Gasteiger partial charge in [0, 0.05) is 43.7 Å². The number of carbonyl (C=O) groups excluding carboxylic acids is 1. The van der Waals surface area contributed by atoms with Crippen molar-refractivity contribution >= 4 is 39.2 Å². The topological polar surface area (TPSA) is 23.6 Å². The molecule has 0 N–H and O–H groups in total. The highest BCUT2D eigenvalue weighted by Crippen LogP contribution is 2.23. The van der Waals surface area contributed by atoms with E-state index < -0.39 is 0 Å². The summed E-state index contributed by atoms with van der Waals surface area (Å²) in [5.74, 6) is 0.105. The first kappa shape index (κ1) is 16.4. The fourth-order valence-electron chi connectivity index (χ4n) is 2.64. The molecular formula is C18H19BrN2OS. The van der Waals surface area contributed by atoms with Gasteiger partial charge in [-0.25, -0.2) is 0 Å². The van der Waals surface area contributed by atoms with Crippen LogP contribution in [0.5, 0.6) is 0 Å². The van der Waals surface area contributed by atoms with Gasteiger partial charge in [0.2, 0.25) is 5.91 Å². The van der Waals surface area contributed by atoms with Crippen LogP contribution in [-0.4, -0.2) is 41.9 Å². The summed E-state index contributed by atoms with van der Waals surface area (Å²) in [6.45, 7) is 4.41. The standard InChI is InChI=1S/C18H19BrN2OS/c19-17-8-6-16(23-17)7-9-18(22)21-12-10-20(11-13-21)14-15-4-2-1-3-5-15/h1-9H,10-14H2/b9-7+. The molecule has 0 unspecified atom stereocenters. The summed E-state index contributed by atoms with van der Waals surface area (Å²) in [7, 11) is 0. The number of hydrogen-bond acceptors (Lipinski definition) is 3. The van der Waals surface area contributed by atoms with Gasteiger partial charge >= 0.3 is 0 Å². The maximum Gasteiger partial charge on any atom is 0.246 e. The Bertz CT molecular complexity index is 675. The Hall–Kier alpha value is -1.43. The van der Waals surface area contributed by atoms with E-state index >= 15 is 0 Å². The van der Waals surface area contributed by atoms with Crippen LogP contribution in [0.2, 0.25) is 0 Å². The van der Waals surface area contributed by atoms with Crippen LogP contribution in [0.1, 0.15) is 10.4 Å². The van der Waals surface area contributed by atoms with Crippen LogP contribution in [0.3, 0.4) is 0 Å². The molecule has 2 heterocycles. The van der Waals surface area contributed by atoms with Crippen molar-refractivity contribution in [1.29, 1.82) is 0 Å². The SMILES string of the molecule is O=C(/C=C/c1ccc(Br)s1)N1CCN(Cc2ccccc2)CC1. The second kappa shape index (κ2) is 7.90. The number of carbonyl (C=O) groups is 1. The average Bonchev–Trinajstić information content (AvgIpc) is 3.00. The summed E-state index contributed by atoms with van der Waals surface area (Å²) in [6.07, 6.45) is 3.58. The van der Waals surface area contributed by atoms with Gasteiger partial charge in [-0.1, -0.05) is 30.3 Å². The van der Waals surface area contributed by atoms with Crippen molar-refractivity contribution in [2.45, 2.75) is 6.54 Å². The number of benzene rings is 1. The number of thiophene rings is 1. The van der Waals surface area contributed by atoms with Gasteiger partial charge in [-0.2, -0.15) is 0 Å². The predicted molar refractivity (Wildman–Crippen MR) is 99.4 cm³/mol. The molecule has 0 bridgehead atoms. The van der Waals surface area contributed by atoms with Gasteiger partial charge in [-0.3, -0.25) is 9.69 Å². The van der Waals surface area contributed by atoms with Gasteiger partial charge in [0.15, 0.2) is 0 Å². The summed E-state index contributed by atoms with van der Waals surface area (Å²) >= 11 is 5.06. The molecule has 0 aliphatic carbocycles. The van der Waals surface area contributed by atoms with Crippen LogP contribution in [0.25, 0.3) is 6.08 Å². The van der Waals surface area contributed by atoms with Crippen LogP contribution >= 0.6 is 27.3 Å². The fraction of sp³-hybridized carbons (Fsp3) is 0.278. The van der Waals surface area contributed by atoms with E-state index in [1.807, 2.05) is 29.2 Å². The molecule has 0 saturated carbocycles. The van der Waals surface area contributed by atoms with E-state index in [1.54, 1.807) is 17.4 Å². The highest BCUT2D eigenvalue weighted by molar-refractivity contribution is 9.11. The second-order valence-corrected chi connectivity index (χ2v) is 8.06. The monoisotopic (exact) mass is 390 g/mol. The molecule has 23 heavy (non-hydrogen) atoms. The van der Waals surface area contributed by atoms with Crippen molar-refractivity contribution in [3.63, 3.8) is 0 Å². The minimum atomic E-state index is 0.105. The zero-order valence-corrected chi connectivity index (χ0v) is 15.2. The fourth-order valence-corrected chi connectivity index (χ4v) is 3.97. The van der Waals surface area contributed by atoms with Crippen LogP contribution in [0, 0.1) is 0 Å². The summed E-state index contributed by atoms with van der Waals surface area (Å²) in [5.41, 5.74) is 1.33. The summed E-state index contributed by atoms with van der Waals surface area (Å²) in [4.78, 5) is 17.7. The first-order valence-electron chi connectivity index (χ1n) is 7.69. The van der Waals surface area contributed by atoms with Gasteiger partial charge in [0.25, 0.3) is 0 Å². The molecule has 0 spiro atoms. The Morgan fingerprint density at radius 3 is 2.48 bits per heavy atom. The smallest absolute Gasteiger partial charge is 0.246 e. The minimum Gasteiger partial charge on any atom is -0.337 e. The number of nitrogens with zero attached hydrogens (tertiary/aromatic N) is 2. The van der Waals surface area contributed by atoms with Crippen LogP contribution in [0.4, 0.5) is 0 Å². The third-order valence-electron chi connectivity index (χ3n) is 3.92. The van der Waals surface area contributed by atoms with E-state index in [4.69, 9.17) is 0 Å². The highest BCUT2D eigenvalue weighted by atomic mass is 79.9. The maximum absolute atomic E-state index is 12.3. The third kappa shape index (κ3) is 4.77. The third-order valence-corrected chi connectivity index (χ3v) is 5.51. The molecular weight excluding hydrogens is 372 g/mol. The molecule has 2 aromatic rings. The summed E-state index contributed by atoms with van der Waals surface area (Å²) in [6, 6.07) is 14.5. The number of rotatable bonds is 4. The van der Waals surface area contributed by atoms with Crippen molar-refractivity contribution in [3.8, 4) is 0 Å². The maximum atomic E-state index is 12.3. The summed E-state index contributed by atoms with van der Waals surface area (Å²) in [5, 5.41) is 0. The Kier molecular flexibility index (Phi) is 5.65. The molecule has 0 atom stereocenters. The van der Waals surface area contributed by atoms with Gasteiger partial charge in [0.1, 0.15) is 0 Å². The van der Waals surface area contributed by atoms with E-state index in [0.29, 0.717) is 0 Å². The summed E-state index contributed by atoms with van der Waals surface area (Å²) < 4.78 is 1.08. The minimum absolute atomic E-state index is 0.105. The van der Waals surface area contributed by atoms with E-state index in [9.17, 15) is 4.79 Å². The van der Waals surface area contributed by atoms with E-state index in [-0.39, 0.29) is 5.91 Å². The number of hydrogen-bond donors (Lipinski definition) is 0. The van der Waals surface area contributed by atoms with Gasteiger partial charge in [-0.15, -0.1) is 11.3 Å². The lowest BCUT2D eigenvalue weighted by Gasteiger charge is -2.34. The number of amides is 1. The van der Waals surface area contributed by atoms with Crippen LogP contribution in [-0.2, 0) is 11.3 Å². The van der Waals surface area contributed by atoms with Gasteiger partial charge in [-0.05, 0) is 39.7 Å². The molecule has 5 heteroatoms. The molecule has 1 fully saturated rings. The lowest BCUT2D eigenvalue weighted by Crippen LogP contribution is -2.47. The Morgan fingerprint density at radius 1 is 1.09 bits per heavy atom. The molecule has 3 rings (SSSR count). The quantitative estimate of drug-likeness (QED) is 0.739. The first-order valence-corrected chi connectivity index (χ1v) is 9.30. The number of piperazine rings is 1. The Morgan fingerprint density at radius 2 is 1.83 bits per heavy atom. The van der Waals surface area contributed by atoms with Crippen molar-refractivity contribution in [3.05, 3.63) is 62.8 Å². The van der Waals surface area contributed by atoms with Gasteiger partial charge in [0.05, 0.1) is 3.79 Å².